The number of esters is 4. The summed E-state index contributed by atoms with van der Waals surface area (Å²) in [6.45, 7) is 4.74. The third-order valence-electron chi connectivity index (χ3n) is 17.2. The fourth-order valence-electron chi connectivity index (χ4n) is 11.1. The minimum atomic E-state index is -4.97. The molecule has 100 heavy (non-hydrogen) atoms. The number of aliphatic hydroxyl groups is 1. The van der Waals surface area contributed by atoms with Crippen LogP contribution in [-0.2, 0) is 65.4 Å². The van der Waals surface area contributed by atoms with Crippen LogP contribution in [-0.4, -0.2) is 96.7 Å². The highest BCUT2D eigenvalue weighted by molar-refractivity contribution is 7.47. The summed E-state index contributed by atoms with van der Waals surface area (Å²) in [7, 11) is -9.94. The van der Waals surface area contributed by atoms with Crippen molar-refractivity contribution in [3.8, 4) is 0 Å². The molecule has 0 aromatic heterocycles. The second kappa shape index (κ2) is 73.8. The molecule has 5 unspecified atom stereocenters. The van der Waals surface area contributed by atoms with E-state index in [1.807, 2.05) is 0 Å². The van der Waals surface area contributed by atoms with E-state index in [4.69, 9.17) is 37.0 Å². The van der Waals surface area contributed by atoms with Gasteiger partial charge in [-0.2, -0.15) is 0 Å². The van der Waals surface area contributed by atoms with Crippen LogP contribution in [0.15, 0.2) is 72.9 Å². The molecule has 0 aromatic rings. The van der Waals surface area contributed by atoms with Crippen LogP contribution in [0.3, 0.4) is 0 Å². The minimum absolute atomic E-state index is 0.0972. The zero-order chi connectivity index (χ0) is 73.2. The average molecular weight is 1450 g/mol. The predicted octanol–water partition coefficient (Wildman–Crippen LogP) is 23.2. The SMILES string of the molecule is CC/C=C\C/C=C\C/C=C\C/C=C\CCCCCCCCC(=O)OCC(COP(=O)(O)OCC(O)COP(=O)(O)OCC(COC(=O)CCCCCCC/C=C\C/C=C\CCC)OC(=O)CCCCCCCCCCCCCCC)OC(=O)CCCCCCCCCCCCCCCCC. The van der Waals surface area contributed by atoms with Crippen molar-refractivity contribution >= 4 is 39.5 Å². The predicted molar refractivity (Wildman–Crippen MR) is 409 cm³/mol. The molecule has 3 N–H and O–H groups in total. The van der Waals surface area contributed by atoms with Gasteiger partial charge in [0.25, 0.3) is 0 Å². The van der Waals surface area contributed by atoms with E-state index < -0.39 is 97.5 Å². The van der Waals surface area contributed by atoms with Crippen LogP contribution in [0.5, 0.6) is 0 Å². The molecule has 17 nitrogen and oxygen atoms in total. The van der Waals surface area contributed by atoms with Crippen molar-refractivity contribution < 1.29 is 80.2 Å². The molecule has 0 heterocycles. The van der Waals surface area contributed by atoms with Crippen molar-refractivity contribution in [3.05, 3.63) is 72.9 Å². The Kier molecular flexibility index (Phi) is 71.2. The summed E-state index contributed by atoms with van der Waals surface area (Å²) in [4.78, 5) is 73.0. The fraction of sp³-hybridized carbons (Fsp3) is 0.802. The average Bonchev–Trinajstić information content (AvgIpc) is 0.946. The van der Waals surface area contributed by atoms with Crippen molar-refractivity contribution in [2.24, 2.45) is 0 Å². The van der Waals surface area contributed by atoms with E-state index in [9.17, 15) is 43.2 Å². The summed E-state index contributed by atoms with van der Waals surface area (Å²) in [5.41, 5.74) is 0. The first-order valence-corrected chi connectivity index (χ1v) is 43.2. The van der Waals surface area contributed by atoms with Gasteiger partial charge < -0.3 is 33.8 Å². The molecule has 0 aromatic carbocycles. The summed E-state index contributed by atoms with van der Waals surface area (Å²) >= 11 is 0. The quantitative estimate of drug-likeness (QED) is 0.0169. The van der Waals surface area contributed by atoms with Crippen LogP contribution in [0.1, 0.15) is 362 Å². The number of rotatable bonds is 76. The largest absolute Gasteiger partial charge is 0.472 e. The lowest BCUT2D eigenvalue weighted by molar-refractivity contribution is -0.161. The van der Waals surface area contributed by atoms with Crippen LogP contribution in [0, 0.1) is 0 Å². The number of phosphoric ester groups is 2. The summed E-state index contributed by atoms with van der Waals surface area (Å²) in [5.74, 6) is -2.17. The lowest BCUT2D eigenvalue weighted by Crippen LogP contribution is -2.30. The standard InChI is InChI=1S/C81H146O17P2/c1-5-9-13-17-21-25-29-33-35-36-37-38-40-43-46-50-54-58-62-66-79(84)92-72-77(98-81(86)68-64-60-56-52-48-44-39-34-30-26-22-18-14-10-6-2)74-96-100(89,90)94-70-75(82)69-93-99(87,88)95-73-76(97-80(85)67-63-59-55-51-47-42-32-28-24-20-16-12-8-4)71-91-78(83)65-61-57-53-49-45-41-31-27-23-19-15-11-7-3/h9,13,15,19,21,25,27,31,33,35,37-38,75-77,82H,5-8,10-12,14,16-18,20,22-24,26,28-30,32,34,36,39-74H2,1-4H3,(H,87,88)(H,89,90)/b13-9-,19-15-,25-21-,31-27-,35-33-,38-37-. The molecule has 0 radical (unpaired) electrons. The van der Waals surface area contributed by atoms with Crippen molar-refractivity contribution in [3.63, 3.8) is 0 Å². The number of carbonyl (C=O) groups excluding carboxylic acids is 4. The second-order valence-corrected chi connectivity index (χ2v) is 29.9. The topological polar surface area (TPSA) is 237 Å². The van der Waals surface area contributed by atoms with Crippen molar-refractivity contribution in [2.75, 3.05) is 39.6 Å². The minimum Gasteiger partial charge on any atom is -0.462 e. The van der Waals surface area contributed by atoms with E-state index >= 15 is 0 Å². The molecule has 19 heteroatoms. The fourth-order valence-corrected chi connectivity index (χ4v) is 12.7. The van der Waals surface area contributed by atoms with Gasteiger partial charge in [-0.3, -0.25) is 37.3 Å². The maximum absolute atomic E-state index is 13.1. The van der Waals surface area contributed by atoms with Crippen LogP contribution in [0.2, 0.25) is 0 Å². The number of aliphatic hydroxyl groups excluding tert-OH is 1. The number of unbranched alkanes of at least 4 members (excludes halogenated alkanes) is 38. The molecule has 0 saturated carbocycles. The molecule has 0 spiro atoms. The van der Waals surface area contributed by atoms with E-state index in [0.717, 1.165) is 167 Å². The van der Waals surface area contributed by atoms with Crippen LogP contribution >= 0.6 is 15.6 Å². The third-order valence-corrected chi connectivity index (χ3v) is 19.1. The lowest BCUT2D eigenvalue weighted by atomic mass is 10.0. The third kappa shape index (κ3) is 72.8. The van der Waals surface area contributed by atoms with Crippen molar-refractivity contribution in [1.82, 2.24) is 0 Å². The maximum Gasteiger partial charge on any atom is 0.472 e. The van der Waals surface area contributed by atoms with Gasteiger partial charge in [0.2, 0.25) is 0 Å². The molecule has 5 atom stereocenters. The number of ether oxygens (including phenoxy) is 4. The van der Waals surface area contributed by atoms with Gasteiger partial charge in [-0.05, 0) is 89.9 Å². The molecule has 582 valence electrons. The first-order chi connectivity index (χ1) is 48.7. The number of hydrogen-bond acceptors (Lipinski definition) is 15. The van der Waals surface area contributed by atoms with E-state index in [1.54, 1.807) is 0 Å². The van der Waals surface area contributed by atoms with Gasteiger partial charge >= 0.3 is 39.5 Å². The summed E-state index contributed by atoms with van der Waals surface area (Å²) in [6.07, 6.45) is 74.5. The number of carbonyl (C=O) groups is 4. The highest BCUT2D eigenvalue weighted by Crippen LogP contribution is 2.45. The van der Waals surface area contributed by atoms with Crippen LogP contribution in [0.4, 0.5) is 0 Å². The number of hydrogen-bond donors (Lipinski definition) is 3. The zero-order valence-electron chi connectivity index (χ0n) is 63.6. The van der Waals surface area contributed by atoms with Gasteiger partial charge in [-0.1, -0.05) is 319 Å². The first kappa shape index (κ1) is 96.5. The molecular weight excluding hydrogens is 1310 g/mol. The molecule has 0 aliphatic carbocycles. The molecule has 0 aliphatic heterocycles. The van der Waals surface area contributed by atoms with Gasteiger partial charge in [0.1, 0.15) is 19.3 Å². The number of phosphoric acid groups is 2. The van der Waals surface area contributed by atoms with E-state index in [1.165, 1.54) is 116 Å². The Bertz CT molecular complexity index is 2180. The normalized spacial score (nSPS) is 14.3. The maximum atomic E-state index is 13.1. The second-order valence-electron chi connectivity index (χ2n) is 27.0. The molecule has 0 amide bonds. The van der Waals surface area contributed by atoms with Gasteiger partial charge in [-0.25, -0.2) is 9.13 Å². The van der Waals surface area contributed by atoms with Gasteiger partial charge in [0.15, 0.2) is 12.2 Å². The monoisotopic (exact) mass is 1450 g/mol. The first-order valence-electron chi connectivity index (χ1n) is 40.2. The van der Waals surface area contributed by atoms with E-state index in [0.29, 0.717) is 25.7 Å². The molecule has 0 fully saturated rings. The Morgan fingerprint density at radius 2 is 0.540 bits per heavy atom. The Balaban J connectivity index is 5.32. The van der Waals surface area contributed by atoms with Crippen LogP contribution < -0.4 is 0 Å². The van der Waals surface area contributed by atoms with Gasteiger partial charge in [0, 0.05) is 25.7 Å². The summed E-state index contributed by atoms with van der Waals surface area (Å²) < 4.78 is 68.6. The number of allylic oxidation sites excluding steroid dienone is 12. The van der Waals surface area contributed by atoms with E-state index in [2.05, 4.69) is 101 Å². The Morgan fingerprint density at radius 1 is 0.290 bits per heavy atom. The molecule has 0 rings (SSSR count). The van der Waals surface area contributed by atoms with Crippen LogP contribution in [0.25, 0.3) is 0 Å². The zero-order valence-corrected chi connectivity index (χ0v) is 65.4. The van der Waals surface area contributed by atoms with Gasteiger partial charge in [0.05, 0.1) is 26.4 Å². The molecule has 0 aliphatic rings. The summed E-state index contributed by atoms with van der Waals surface area (Å²) in [5, 5.41) is 10.6. The lowest BCUT2D eigenvalue weighted by Gasteiger charge is -2.21. The van der Waals surface area contributed by atoms with Crippen molar-refractivity contribution in [2.45, 2.75) is 380 Å². The summed E-state index contributed by atoms with van der Waals surface area (Å²) in [6, 6.07) is 0. The molecule has 0 bridgehead atoms. The molecular formula is C81H146O17P2. The van der Waals surface area contributed by atoms with Crippen molar-refractivity contribution in [1.29, 1.82) is 0 Å². The molecule has 0 saturated heterocycles. The van der Waals surface area contributed by atoms with Gasteiger partial charge in [-0.15, -0.1) is 0 Å². The smallest absolute Gasteiger partial charge is 0.462 e. The van der Waals surface area contributed by atoms with E-state index in [-0.39, 0.29) is 25.7 Å². The highest BCUT2D eigenvalue weighted by Gasteiger charge is 2.30. The Hall–Kier alpha value is -3.50. The Morgan fingerprint density at radius 3 is 0.840 bits per heavy atom. The highest BCUT2D eigenvalue weighted by atomic mass is 31.2. The Labute approximate surface area is 609 Å².